The van der Waals surface area contributed by atoms with E-state index in [1.54, 1.807) is 29.7 Å². The zero-order valence-electron chi connectivity index (χ0n) is 18.8. The average Bonchev–Trinajstić information content (AvgIpc) is 3.45. The smallest absolute Gasteiger partial charge is 0.311 e. The predicted octanol–water partition coefficient (Wildman–Crippen LogP) is 3.69. The van der Waals surface area contributed by atoms with Crippen LogP contribution in [0.1, 0.15) is 31.0 Å². The second-order valence-corrected chi connectivity index (χ2v) is 9.30. The lowest BCUT2D eigenvalue weighted by Gasteiger charge is -2.29. The maximum Gasteiger partial charge on any atom is 0.311 e. The van der Waals surface area contributed by atoms with Crippen LogP contribution in [0.25, 0.3) is 11.3 Å². The van der Waals surface area contributed by atoms with Crippen LogP contribution < -0.4 is 15.0 Å². The number of fused-ring (bicyclic) bond motifs is 1. The number of amides is 2. The van der Waals surface area contributed by atoms with Crippen LogP contribution in [0, 0.1) is 0 Å². The van der Waals surface area contributed by atoms with Gasteiger partial charge in [0.1, 0.15) is 12.3 Å². The first-order chi connectivity index (χ1) is 16.5. The maximum atomic E-state index is 12.7. The summed E-state index contributed by atoms with van der Waals surface area (Å²) in [6.07, 6.45) is 1.97. The van der Waals surface area contributed by atoms with E-state index in [1.807, 2.05) is 17.5 Å². The van der Waals surface area contributed by atoms with Gasteiger partial charge in [-0.05, 0) is 38.0 Å². The van der Waals surface area contributed by atoms with Gasteiger partial charge in [-0.15, -0.1) is 22.7 Å². The molecule has 0 atom stereocenters. The Labute approximate surface area is 204 Å². The van der Waals surface area contributed by atoms with E-state index < -0.39 is 5.91 Å². The van der Waals surface area contributed by atoms with Gasteiger partial charge < -0.3 is 14.8 Å². The molecule has 34 heavy (non-hydrogen) atoms. The largest absolute Gasteiger partial charge is 0.482 e. The SMILES string of the molecule is CCCc1nc(-c2ccc3c(c2)N(CC(=O)Nc2nc(CC(=O)OCC)cs2)C(=O)CO3)cs1. The Kier molecular flexibility index (Phi) is 7.53. The predicted molar refractivity (Wildman–Crippen MR) is 130 cm³/mol. The van der Waals surface area contributed by atoms with E-state index >= 15 is 0 Å². The zero-order valence-corrected chi connectivity index (χ0v) is 20.5. The fourth-order valence-corrected chi connectivity index (χ4v) is 5.05. The Balaban J connectivity index is 1.47. The van der Waals surface area contributed by atoms with Gasteiger partial charge >= 0.3 is 5.97 Å². The Bertz CT molecular complexity index is 1210. The van der Waals surface area contributed by atoms with Gasteiger partial charge in [-0.1, -0.05) is 6.92 Å². The number of aryl methyl sites for hydroxylation is 1. The molecule has 0 fully saturated rings. The number of carbonyl (C=O) groups excluding carboxylic acids is 3. The molecule has 4 rings (SSSR count). The third-order valence-corrected chi connectivity index (χ3v) is 6.66. The number of benzene rings is 1. The highest BCUT2D eigenvalue weighted by Crippen LogP contribution is 2.36. The minimum Gasteiger partial charge on any atom is -0.482 e. The van der Waals surface area contributed by atoms with Crippen LogP contribution >= 0.6 is 22.7 Å². The van der Waals surface area contributed by atoms with E-state index in [1.165, 1.54) is 16.2 Å². The highest BCUT2D eigenvalue weighted by Gasteiger charge is 2.28. The quantitative estimate of drug-likeness (QED) is 0.446. The molecule has 0 saturated heterocycles. The Hall–Kier alpha value is -3.31. The monoisotopic (exact) mass is 500 g/mol. The lowest BCUT2D eigenvalue weighted by molar-refractivity contribution is -0.142. The molecule has 1 aliphatic rings. The number of rotatable bonds is 9. The lowest BCUT2D eigenvalue weighted by Crippen LogP contribution is -2.43. The number of nitrogens with zero attached hydrogens (tertiary/aromatic N) is 3. The second-order valence-electron chi connectivity index (χ2n) is 7.50. The number of hydrogen-bond donors (Lipinski definition) is 1. The number of thiazole rings is 2. The lowest BCUT2D eigenvalue weighted by atomic mass is 10.1. The van der Waals surface area contributed by atoms with Crippen molar-refractivity contribution in [3.8, 4) is 17.0 Å². The van der Waals surface area contributed by atoms with Crippen LogP contribution in [-0.4, -0.2) is 47.5 Å². The molecule has 0 aliphatic carbocycles. The van der Waals surface area contributed by atoms with Gasteiger partial charge in [-0.3, -0.25) is 19.3 Å². The zero-order chi connectivity index (χ0) is 24.1. The number of esters is 1. The van der Waals surface area contributed by atoms with Crippen molar-refractivity contribution in [1.29, 1.82) is 0 Å². The molecule has 11 heteroatoms. The second kappa shape index (κ2) is 10.7. The first-order valence-electron chi connectivity index (χ1n) is 10.9. The number of ether oxygens (including phenoxy) is 2. The van der Waals surface area contributed by atoms with Gasteiger partial charge in [0, 0.05) is 16.3 Å². The van der Waals surface area contributed by atoms with Crippen molar-refractivity contribution in [1.82, 2.24) is 9.97 Å². The summed E-state index contributed by atoms with van der Waals surface area (Å²) in [7, 11) is 0. The van der Waals surface area contributed by atoms with Gasteiger partial charge in [0.2, 0.25) is 5.91 Å². The summed E-state index contributed by atoms with van der Waals surface area (Å²) in [6, 6.07) is 5.52. The molecule has 3 heterocycles. The van der Waals surface area contributed by atoms with Crippen LogP contribution in [0.4, 0.5) is 10.8 Å². The van der Waals surface area contributed by atoms with Gasteiger partial charge in [0.15, 0.2) is 11.7 Å². The summed E-state index contributed by atoms with van der Waals surface area (Å²) in [5, 5.41) is 7.79. The minimum absolute atomic E-state index is 0.0366. The van der Waals surface area contributed by atoms with Crippen molar-refractivity contribution >= 4 is 51.3 Å². The summed E-state index contributed by atoms with van der Waals surface area (Å²) in [6.45, 7) is 3.81. The molecule has 0 unspecified atom stereocenters. The molecule has 0 bridgehead atoms. The van der Waals surface area contributed by atoms with Crippen molar-refractivity contribution in [3.63, 3.8) is 0 Å². The van der Waals surface area contributed by atoms with E-state index in [9.17, 15) is 14.4 Å². The Morgan fingerprint density at radius 1 is 1.21 bits per heavy atom. The van der Waals surface area contributed by atoms with Crippen LogP contribution in [0.2, 0.25) is 0 Å². The van der Waals surface area contributed by atoms with Gasteiger partial charge in [-0.25, -0.2) is 9.97 Å². The molecule has 0 spiro atoms. The number of carbonyl (C=O) groups is 3. The fourth-order valence-electron chi connectivity index (χ4n) is 3.41. The third kappa shape index (κ3) is 5.60. The summed E-state index contributed by atoms with van der Waals surface area (Å²) in [5.41, 5.74) is 2.72. The highest BCUT2D eigenvalue weighted by molar-refractivity contribution is 7.14. The van der Waals surface area contributed by atoms with Crippen molar-refractivity contribution < 1.29 is 23.9 Å². The first kappa shape index (κ1) is 23.8. The highest BCUT2D eigenvalue weighted by atomic mass is 32.1. The number of anilines is 2. The summed E-state index contributed by atoms with van der Waals surface area (Å²) in [4.78, 5) is 47.3. The summed E-state index contributed by atoms with van der Waals surface area (Å²) in [5.74, 6) is -0.556. The van der Waals surface area contributed by atoms with E-state index in [4.69, 9.17) is 9.47 Å². The van der Waals surface area contributed by atoms with Crippen molar-refractivity contribution in [3.05, 3.63) is 39.7 Å². The van der Waals surface area contributed by atoms with Crippen LogP contribution in [0.3, 0.4) is 0 Å². The molecule has 1 aromatic carbocycles. The molecule has 2 aromatic heterocycles. The molecule has 9 nitrogen and oxygen atoms in total. The summed E-state index contributed by atoms with van der Waals surface area (Å²) < 4.78 is 10.5. The summed E-state index contributed by atoms with van der Waals surface area (Å²) >= 11 is 2.81. The molecular weight excluding hydrogens is 476 g/mol. The van der Waals surface area contributed by atoms with E-state index in [-0.39, 0.29) is 31.4 Å². The van der Waals surface area contributed by atoms with Gasteiger partial charge in [-0.2, -0.15) is 0 Å². The van der Waals surface area contributed by atoms with E-state index in [2.05, 4.69) is 22.2 Å². The fraction of sp³-hybridized carbons (Fsp3) is 0.348. The minimum atomic E-state index is -0.400. The molecule has 2 amide bonds. The molecule has 3 aromatic rings. The Morgan fingerprint density at radius 2 is 2.06 bits per heavy atom. The van der Waals surface area contributed by atoms with E-state index in [0.717, 1.165) is 29.1 Å². The topological polar surface area (TPSA) is 111 Å². The first-order valence-corrected chi connectivity index (χ1v) is 12.6. The van der Waals surface area contributed by atoms with Crippen molar-refractivity contribution in [2.24, 2.45) is 0 Å². The molecule has 1 aliphatic heterocycles. The van der Waals surface area contributed by atoms with Crippen molar-refractivity contribution in [2.45, 2.75) is 33.1 Å². The van der Waals surface area contributed by atoms with Crippen LogP contribution in [0.5, 0.6) is 5.75 Å². The third-order valence-electron chi connectivity index (χ3n) is 4.94. The molecule has 1 N–H and O–H groups in total. The molecule has 0 radical (unpaired) electrons. The number of nitrogens with one attached hydrogen (secondary N) is 1. The van der Waals surface area contributed by atoms with Gasteiger partial charge in [0.25, 0.3) is 5.91 Å². The molecule has 178 valence electrons. The number of aromatic nitrogens is 2. The van der Waals surface area contributed by atoms with Gasteiger partial charge in [0.05, 0.1) is 35.1 Å². The average molecular weight is 501 g/mol. The van der Waals surface area contributed by atoms with E-state index in [0.29, 0.717) is 28.9 Å². The standard InChI is InChI=1S/C23H24N4O5S2/c1-3-5-20-25-16(13-33-20)14-6-7-18-17(8-14)27(21(29)11-32-18)10-19(28)26-23-24-15(12-34-23)9-22(30)31-4-2/h6-8,12-13H,3-5,9-11H2,1-2H3,(H,24,26,28). The molecule has 0 saturated carbocycles. The molecular formula is C23H24N4O5S2. The van der Waals surface area contributed by atoms with Crippen molar-refractivity contribution in [2.75, 3.05) is 30.0 Å². The number of hydrogen-bond acceptors (Lipinski definition) is 9. The maximum absolute atomic E-state index is 12.7. The van der Waals surface area contributed by atoms with Crippen LogP contribution in [0.15, 0.2) is 29.0 Å². The normalized spacial score (nSPS) is 12.8. The van der Waals surface area contributed by atoms with Crippen LogP contribution in [-0.2, 0) is 32.0 Å². The Morgan fingerprint density at radius 3 is 2.85 bits per heavy atom.